The van der Waals surface area contributed by atoms with Crippen molar-refractivity contribution in [1.29, 1.82) is 0 Å². The SMILES string of the molecule is CC1C(=O)N(Cc2ccccn2)c2cc(N)c(Br)cc21. The summed E-state index contributed by atoms with van der Waals surface area (Å²) in [5, 5.41) is 0. The maximum absolute atomic E-state index is 12.4. The lowest BCUT2D eigenvalue weighted by atomic mass is 10.0. The van der Waals surface area contributed by atoms with Gasteiger partial charge in [-0.2, -0.15) is 0 Å². The quantitative estimate of drug-likeness (QED) is 0.860. The minimum absolute atomic E-state index is 0.0863. The van der Waals surface area contributed by atoms with Crippen LogP contribution in [0, 0.1) is 0 Å². The van der Waals surface area contributed by atoms with Crippen molar-refractivity contribution < 1.29 is 4.79 Å². The minimum atomic E-state index is -0.148. The van der Waals surface area contributed by atoms with E-state index in [9.17, 15) is 4.79 Å². The predicted octanol–water partition coefficient (Wildman–Crippen LogP) is 3.08. The van der Waals surface area contributed by atoms with Gasteiger partial charge in [0.1, 0.15) is 0 Å². The predicted molar refractivity (Wildman–Crippen MR) is 82.4 cm³/mol. The van der Waals surface area contributed by atoms with E-state index in [2.05, 4.69) is 20.9 Å². The molecule has 20 heavy (non-hydrogen) atoms. The van der Waals surface area contributed by atoms with Crippen LogP contribution in [-0.4, -0.2) is 10.9 Å². The second kappa shape index (κ2) is 4.90. The summed E-state index contributed by atoms with van der Waals surface area (Å²) in [6, 6.07) is 9.48. The van der Waals surface area contributed by atoms with Gasteiger partial charge in [-0.1, -0.05) is 6.07 Å². The second-order valence-electron chi connectivity index (χ2n) is 4.90. The minimum Gasteiger partial charge on any atom is -0.398 e. The number of halogens is 1. The highest BCUT2D eigenvalue weighted by atomic mass is 79.9. The third-order valence-corrected chi connectivity index (χ3v) is 4.27. The first-order valence-electron chi connectivity index (χ1n) is 6.38. The number of pyridine rings is 1. The average molecular weight is 332 g/mol. The summed E-state index contributed by atoms with van der Waals surface area (Å²) in [4.78, 5) is 18.5. The fraction of sp³-hybridized carbons (Fsp3) is 0.200. The second-order valence-corrected chi connectivity index (χ2v) is 5.75. The van der Waals surface area contributed by atoms with Crippen LogP contribution in [0.15, 0.2) is 41.0 Å². The number of fused-ring (bicyclic) bond motifs is 1. The number of aromatic nitrogens is 1. The largest absolute Gasteiger partial charge is 0.398 e. The summed E-state index contributed by atoms with van der Waals surface area (Å²) in [7, 11) is 0. The highest BCUT2D eigenvalue weighted by molar-refractivity contribution is 9.10. The summed E-state index contributed by atoms with van der Waals surface area (Å²) in [6.45, 7) is 2.39. The maximum Gasteiger partial charge on any atom is 0.234 e. The van der Waals surface area contributed by atoms with E-state index < -0.39 is 0 Å². The zero-order valence-corrected chi connectivity index (χ0v) is 12.6. The molecule has 0 bridgehead atoms. The van der Waals surface area contributed by atoms with Crippen molar-refractivity contribution >= 4 is 33.2 Å². The van der Waals surface area contributed by atoms with Gasteiger partial charge in [0.2, 0.25) is 5.91 Å². The molecule has 1 amide bonds. The summed E-state index contributed by atoms with van der Waals surface area (Å²) in [5.74, 6) is -0.0613. The zero-order chi connectivity index (χ0) is 14.3. The van der Waals surface area contributed by atoms with E-state index in [1.807, 2.05) is 37.3 Å². The molecule has 1 aromatic carbocycles. The van der Waals surface area contributed by atoms with Crippen LogP contribution in [-0.2, 0) is 11.3 Å². The highest BCUT2D eigenvalue weighted by Crippen LogP contribution is 2.41. The molecule has 2 N–H and O–H groups in total. The number of hydrogen-bond acceptors (Lipinski definition) is 3. The zero-order valence-electron chi connectivity index (χ0n) is 11.0. The molecule has 0 spiro atoms. The Kier molecular flexibility index (Phi) is 3.22. The number of anilines is 2. The fourth-order valence-corrected chi connectivity index (χ4v) is 2.84. The summed E-state index contributed by atoms with van der Waals surface area (Å²) in [6.07, 6.45) is 1.73. The van der Waals surface area contributed by atoms with E-state index in [-0.39, 0.29) is 11.8 Å². The summed E-state index contributed by atoms with van der Waals surface area (Å²) in [5.41, 5.74) is 9.33. The number of nitrogens with two attached hydrogens (primary N) is 1. The molecule has 1 aliphatic rings. The third-order valence-electron chi connectivity index (χ3n) is 3.59. The van der Waals surface area contributed by atoms with Crippen LogP contribution in [0.25, 0.3) is 0 Å². The summed E-state index contributed by atoms with van der Waals surface area (Å²) < 4.78 is 0.829. The van der Waals surface area contributed by atoms with Crippen LogP contribution >= 0.6 is 15.9 Å². The van der Waals surface area contributed by atoms with Gasteiger partial charge < -0.3 is 10.6 Å². The van der Waals surface area contributed by atoms with Gasteiger partial charge in [-0.05, 0) is 52.7 Å². The van der Waals surface area contributed by atoms with Crippen LogP contribution in [0.1, 0.15) is 24.1 Å². The number of amides is 1. The Balaban J connectivity index is 2.02. The Morgan fingerprint density at radius 1 is 1.40 bits per heavy atom. The number of carbonyl (C=O) groups is 1. The lowest BCUT2D eigenvalue weighted by molar-refractivity contribution is -0.119. The third kappa shape index (κ3) is 2.08. The number of carbonyl (C=O) groups excluding carboxylic acids is 1. The average Bonchev–Trinajstić information content (AvgIpc) is 2.66. The molecule has 0 fully saturated rings. The van der Waals surface area contributed by atoms with Crippen molar-refractivity contribution in [3.05, 3.63) is 52.3 Å². The van der Waals surface area contributed by atoms with Gasteiger partial charge in [-0.3, -0.25) is 9.78 Å². The van der Waals surface area contributed by atoms with E-state index in [0.717, 1.165) is 21.4 Å². The molecule has 1 atom stereocenters. The Morgan fingerprint density at radius 2 is 2.20 bits per heavy atom. The molecule has 102 valence electrons. The molecule has 2 heterocycles. The van der Waals surface area contributed by atoms with Gasteiger partial charge in [-0.25, -0.2) is 0 Å². The van der Waals surface area contributed by atoms with Gasteiger partial charge in [0.15, 0.2) is 0 Å². The fourth-order valence-electron chi connectivity index (χ4n) is 2.48. The van der Waals surface area contributed by atoms with Gasteiger partial charge in [0.05, 0.1) is 23.8 Å². The van der Waals surface area contributed by atoms with Crippen molar-refractivity contribution in [1.82, 2.24) is 4.98 Å². The van der Waals surface area contributed by atoms with Crippen molar-refractivity contribution in [3.8, 4) is 0 Å². The summed E-state index contributed by atoms with van der Waals surface area (Å²) >= 11 is 3.42. The number of nitrogen functional groups attached to an aromatic ring is 1. The maximum atomic E-state index is 12.4. The first-order valence-corrected chi connectivity index (χ1v) is 7.17. The number of nitrogens with zero attached hydrogens (tertiary/aromatic N) is 2. The topological polar surface area (TPSA) is 59.2 Å². The molecule has 1 aliphatic heterocycles. The molecule has 0 aliphatic carbocycles. The van der Waals surface area contributed by atoms with Crippen molar-refractivity contribution in [2.75, 3.05) is 10.6 Å². The van der Waals surface area contributed by atoms with E-state index in [0.29, 0.717) is 12.2 Å². The lowest BCUT2D eigenvalue weighted by Crippen LogP contribution is -2.27. The molecule has 1 aromatic heterocycles. The Labute approximate surface area is 125 Å². The highest BCUT2D eigenvalue weighted by Gasteiger charge is 2.34. The van der Waals surface area contributed by atoms with Gasteiger partial charge >= 0.3 is 0 Å². The normalized spacial score (nSPS) is 17.4. The van der Waals surface area contributed by atoms with Crippen molar-refractivity contribution in [3.63, 3.8) is 0 Å². The molecule has 5 heteroatoms. The molecule has 1 unspecified atom stereocenters. The first-order chi connectivity index (χ1) is 9.58. The molecule has 4 nitrogen and oxygen atoms in total. The Bertz CT molecular complexity index is 672. The smallest absolute Gasteiger partial charge is 0.234 e. The van der Waals surface area contributed by atoms with E-state index in [1.54, 1.807) is 11.1 Å². The van der Waals surface area contributed by atoms with E-state index >= 15 is 0 Å². The molecular formula is C15H14BrN3O. The number of rotatable bonds is 2. The molecule has 0 saturated heterocycles. The van der Waals surface area contributed by atoms with Crippen LogP contribution in [0.3, 0.4) is 0 Å². The number of hydrogen-bond donors (Lipinski definition) is 1. The standard InChI is InChI=1S/C15H14BrN3O/c1-9-11-6-12(16)13(17)7-14(11)19(15(9)20)8-10-4-2-3-5-18-10/h2-7,9H,8,17H2,1H3. The van der Waals surface area contributed by atoms with Crippen LogP contribution in [0.4, 0.5) is 11.4 Å². The Morgan fingerprint density at radius 3 is 2.90 bits per heavy atom. The first kappa shape index (κ1) is 13.1. The van der Waals surface area contributed by atoms with Gasteiger partial charge in [-0.15, -0.1) is 0 Å². The van der Waals surface area contributed by atoms with Crippen LogP contribution in [0.2, 0.25) is 0 Å². The lowest BCUT2D eigenvalue weighted by Gasteiger charge is -2.17. The molecule has 2 aromatic rings. The molecule has 0 radical (unpaired) electrons. The van der Waals surface area contributed by atoms with Gasteiger partial charge in [0, 0.05) is 16.4 Å². The number of benzene rings is 1. The van der Waals surface area contributed by atoms with Gasteiger partial charge in [0.25, 0.3) is 0 Å². The molecule has 3 rings (SSSR count). The monoisotopic (exact) mass is 331 g/mol. The van der Waals surface area contributed by atoms with E-state index in [1.165, 1.54) is 0 Å². The van der Waals surface area contributed by atoms with Crippen molar-refractivity contribution in [2.45, 2.75) is 19.4 Å². The van der Waals surface area contributed by atoms with Crippen LogP contribution < -0.4 is 10.6 Å². The molecular weight excluding hydrogens is 318 g/mol. The Hall–Kier alpha value is -1.88. The van der Waals surface area contributed by atoms with Crippen molar-refractivity contribution in [2.24, 2.45) is 0 Å². The molecule has 0 saturated carbocycles. The van der Waals surface area contributed by atoms with E-state index in [4.69, 9.17) is 5.73 Å². The van der Waals surface area contributed by atoms with Crippen LogP contribution in [0.5, 0.6) is 0 Å².